The van der Waals surface area contributed by atoms with Crippen LogP contribution in [0.3, 0.4) is 0 Å². The lowest BCUT2D eigenvalue weighted by atomic mass is 10.1. The molecule has 1 aliphatic rings. The maximum atomic E-state index is 11.8. The molecule has 0 spiro atoms. The topological polar surface area (TPSA) is 60.9 Å². The van der Waals surface area contributed by atoms with Crippen LogP contribution in [-0.2, 0) is 11.3 Å². The van der Waals surface area contributed by atoms with Gasteiger partial charge in [-0.25, -0.2) is 9.59 Å². The zero-order valence-electron chi connectivity index (χ0n) is 10.7. The minimum absolute atomic E-state index is 0.0111. The SMILES string of the molecule is CN1CCN(Cc2ccccc2/C=C/C(=O)O)C1=O. The molecule has 0 aromatic heterocycles. The third kappa shape index (κ3) is 3.13. The maximum absolute atomic E-state index is 11.8. The first-order valence-corrected chi connectivity index (χ1v) is 6.07. The summed E-state index contributed by atoms with van der Waals surface area (Å²) in [6.07, 6.45) is 2.67. The molecular weight excluding hydrogens is 244 g/mol. The van der Waals surface area contributed by atoms with Crippen molar-refractivity contribution >= 4 is 18.1 Å². The van der Waals surface area contributed by atoms with E-state index in [0.717, 1.165) is 23.7 Å². The highest BCUT2D eigenvalue weighted by Crippen LogP contribution is 2.16. The van der Waals surface area contributed by atoms with E-state index in [-0.39, 0.29) is 6.03 Å². The van der Waals surface area contributed by atoms with Crippen LogP contribution in [0.4, 0.5) is 4.79 Å². The number of likely N-dealkylation sites (N-methyl/N-ethyl adjacent to an activating group) is 1. The van der Waals surface area contributed by atoms with E-state index < -0.39 is 5.97 Å². The molecule has 1 heterocycles. The van der Waals surface area contributed by atoms with Gasteiger partial charge in [0.05, 0.1) is 0 Å². The number of urea groups is 1. The minimum atomic E-state index is -0.980. The first-order chi connectivity index (χ1) is 9.08. The molecule has 1 fully saturated rings. The van der Waals surface area contributed by atoms with Gasteiger partial charge >= 0.3 is 12.0 Å². The molecule has 1 aliphatic heterocycles. The first-order valence-electron chi connectivity index (χ1n) is 6.07. The molecule has 1 N–H and O–H groups in total. The third-order valence-corrected chi connectivity index (χ3v) is 3.12. The summed E-state index contributed by atoms with van der Waals surface area (Å²) in [4.78, 5) is 25.8. The molecule has 19 heavy (non-hydrogen) atoms. The normalized spacial score (nSPS) is 15.5. The van der Waals surface area contributed by atoms with Gasteiger partial charge in [-0.3, -0.25) is 0 Å². The highest BCUT2D eigenvalue weighted by Gasteiger charge is 2.25. The average molecular weight is 260 g/mol. The number of carboxylic acid groups (broad SMARTS) is 1. The molecule has 0 unspecified atom stereocenters. The number of benzene rings is 1. The van der Waals surface area contributed by atoms with Crippen molar-refractivity contribution in [2.45, 2.75) is 6.54 Å². The van der Waals surface area contributed by atoms with E-state index in [2.05, 4.69) is 0 Å². The summed E-state index contributed by atoms with van der Waals surface area (Å²) in [7, 11) is 1.78. The van der Waals surface area contributed by atoms with Crippen LogP contribution < -0.4 is 0 Å². The molecule has 0 atom stereocenters. The maximum Gasteiger partial charge on any atom is 0.328 e. The largest absolute Gasteiger partial charge is 0.478 e. The Morgan fingerprint density at radius 3 is 2.74 bits per heavy atom. The van der Waals surface area contributed by atoms with Crippen LogP contribution in [0.15, 0.2) is 30.3 Å². The number of aliphatic carboxylic acids is 1. The van der Waals surface area contributed by atoms with Crippen molar-refractivity contribution in [3.63, 3.8) is 0 Å². The van der Waals surface area contributed by atoms with Crippen molar-refractivity contribution in [1.29, 1.82) is 0 Å². The predicted octanol–water partition coefficient (Wildman–Crippen LogP) is 1.65. The fraction of sp³-hybridized carbons (Fsp3) is 0.286. The Morgan fingerprint density at radius 1 is 1.37 bits per heavy atom. The van der Waals surface area contributed by atoms with Gasteiger partial charge in [0.15, 0.2) is 0 Å². The Bertz CT molecular complexity index is 525. The predicted molar refractivity (Wildman–Crippen MR) is 71.5 cm³/mol. The second-order valence-electron chi connectivity index (χ2n) is 4.50. The summed E-state index contributed by atoms with van der Waals surface area (Å²) in [5.74, 6) is -0.980. The van der Waals surface area contributed by atoms with E-state index in [9.17, 15) is 9.59 Å². The molecule has 2 rings (SSSR count). The van der Waals surface area contributed by atoms with Crippen molar-refractivity contribution in [3.05, 3.63) is 41.5 Å². The lowest BCUT2D eigenvalue weighted by molar-refractivity contribution is -0.131. The molecule has 1 saturated heterocycles. The molecule has 1 aromatic rings. The van der Waals surface area contributed by atoms with Gasteiger partial charge in [-0.15, -0.1) is 0 Å². The standard InChI is InChI=1S/C14H16N2O3/c1-15-8-9-16(14(15)19)10-12-5-3-2-4-11(12)6-7-13(17)18/h2-7H,8-10H2,1H3,(H,17,18)/b7-6+. The van der Waals surface area contributed by atoms with Crippen LogP contribution in [0, 0.1) is 0 Å². The average Bonchev–Trinajstić information content (AvgIpc) is 2.70. The van der Waals surface area contributed by atoms with Crippen molar-refractivity contribution in [2.75, 3.05) is 20.1 Å². The Balaban J connectivity index is 2.16. The quantitative estimate of drug-likeness (QED) is 0.837. The molecule has 2 amide bonds. The highest BCUT2D eigenvalue weighted by molar-refractivity contribution is 5.85. The van der Waals surface area contributed by atoms with E-state index in [1.54, 1.807) is 22.9 Å². The number of carbonyl (C=O) groups is 2. The van der Waals surface area contributed by atoms with E-state index in [1.807, 2.05) is 24.3 Å². The van der Waals surface area contributed by atoms with Gasteiger partial charge in [0.2, 0.25) is 0 Å². The zero-order chi connectivity index (χ0) is 13.8. The second kappa shape index (κ2) is 5.56. The number of carboxylic acids is 1. The molecular formula is C14H16N2O3. The number of amides is 2. The van der Waals surface area contributed by atoms with Gasteiger partial charge in [-0.05, 0) is 17.2 Å². The van der Waals surface area contributed by atoms with Crippen molar-refractivity contribution in [2.24, 2.45) is 0 Å². The first kappa shape index (κ1) is 13.1. The molecule has 100 valence electrons. The van der Waals surface area contributed by atoms with Gasteiger partial charge in [0.1, 0.15) is 0 Å². The fourth-order valence-corrected chi connectivity index (χ4v) is 2.06. The number of rotatable bonds is 4. The van der Waals surface area contributed by atoms with Gasteiger partial charge in [-0.2, -0.15) is 0 Å². The minimum Gasteiger partial charge on any atom is -0.478 e. The summed E-state index contributed by atoms with van der Waals surface area (Å²) < 4.78 is 0. The third-order valence-electron chi connectivity index (χ3n) is 3.12. The van der Waals surface area contributed by atoms with Crippen LogP contribution in [0.5, 0.6) is 0 Å². The number of hydrogen-bond acceptors (Lipinski definition) is 2. The lowest BCUT2D eigenvalue weighted by Crippen LogP contribution is -2.29. The van der Waals surface area contributed by atoms with Crippen LogP contribution >= 0.6 is 0 Å². The van der Waals surface area contributed by atoms with Crippen molar-refractivity contribution in [3.8, 4) is 0 Å². The fourth-order valence-electron chi connectivity index (χ4n) is 2.06. The molecule has 0 bridgehead atoms. The Kier molecular flexibility index (Phi) is 3.85. The van der Waals surface area contributed by atoms with Gasteiger partial charge in [0, 0.05) is 32.8 Å². The van der Waals surface area contributed by atoms with Gasteiger partial charge in [0.25, 0.3) is 0 Å². The molecule has 1 aromatic carbocycles. The van der Waals surface area contributed by atoms with E-state index >= 15 is 0 Å². The summed E-state index contributed by atoms with van der Waals surface area (Å²) >= 11 is 0. The molecule has 5 heteroatoms. The Hall–Kier alpha value is -2.30. The van der Waals surface area contributed by atoms with Gasteiger partial charge < -0.3 is 14.9 Å². The summed E-state index contributed by atoms with van der Waals surface area (Å²) in [6, 6.07) is 7.50. The molecule has 0 aliphatic carbocycles. The summed E-state index contributed by atoms with van der Waals surface area (Å²) in [5, 5.41) is 8.67. The highest BCUT2D eigenvalue weighted by atomic mass is 16.4. The number of nitrogens with zero attached hydrogens (tertiary/aromatic N) is 2. The van der Waals surface area contributed by atoms with E-state index in [4.69, 9.17) is 5.11 Å². The van der Waals surface area contributed by atoms with Crippen LogP contribution in [0.25, 0.3) is 6.08 Å². The van der Waals surface area contributed by atoms with E-state index in [1.165, 1.54) is 0 Å². The molecule has 0 radical (unpaired) electrons. The van der Waals surface area contributed by atoms with Crippen molar-refractivity contribution in [1.82, 2.24) is 9.80 Å². The molecule has 5 nitrogen and oxygen atoms in total. The zero-order valence-corrected chi connectivity index (χ0v) is 10.7. The number of hydrogen-bond donors (Lipinski definition) is 1. The Morgan fingerprint density at radius 2 is 2.11 bits per heavy atom. The second-order valence-corrected chi connectivity index (χ2v) is 4.50. The van der Waals surface area contributed by atoms with Crippen LogP contribution in [-0.4, -0.2) is 47.0 Å². The Labute approximate surface area is 111 Å². The lowest BCUT2D eigenvalue weighted by Gasteiger charge is -2.17. The van der Waals surface area contributed by atoms with Crippen molar-refractivity contribution < 1.29 is 14.7 Å². The number of carbonyl (C=O) groups excluding carboxylic acids is 1. The van der Waals surface area contributed by atoms with E-state index in [0.29, 0.717) is 13.1 Å². The smallest absolute Gasteiger partial charge is 0.328 e. The monoisotopic (exact) mass is 260 g/mol. The van der Waals surface area contributed by atoms with Gasteiger partial charge in [-0.1, -0.05) is 24.3 Å². The van der Waals surface area contributed by atoms with Crippen LogP contribution in [0.1, 0.15) is 11.1 Å². The summed E-state index contributed by atoms with van der Waals surface area (Å²) in [5.41, 5.74) is 1.77. The molecule has 0 saturated carbocycles. The van der Waals surface area contributed by atoms with Crippen LogP contribution in [0.2, 0.25) is 0 Å². The summed E-state index contributed by atoms with van der Waals surface area (Å²) in [6.45, 7) is 1.93.